The number of pyridine rings is 1. The summed E-state index contributed by atoms with van der Waals surface area (Å²) in [6.07, 6.45) is 6.13. The number of H-pyrrole nitrogens is 1. The molecule has 0 radical (unpaired) electrons. The van der Waals surface area contributed by atoms with Crippen LogP contribution in [0.1, 0.15) is 76.8 Å². The Morgan fingerprint density at radius 1 is 0.955 bits per heavy atom. The molecule has 0 spiro atoms. The predicted octanol–water partition coefficient (Wildman–Crippen LogP) is 5.96. The first-order valence-electron chi connectivity index (χ1n) is 22.6. The van der Waals surface area contributed by atoms with Crippen molar-refractivity contribution in [2.75, 3.05) is 49.4 Å². The standard InChI is InChI=1S/C48H49F3N8O7S/c1-56(33-20-35(21-33)66-34-6-7-36-30(18-34)25-59(48(36)63)41-10-11-42(60)54-47(41)62)24-27-12-15-57(16-13-27)32-4-2-28(3-5-32)29-19-37-38(23-53-46(37)52-22-29)45(61)43-39(50)8-9-40(44(43)51)55-67(64,65)58-17-14-31(49)26-58/h2-9,18-19,22-23,27,31,33,35,41,55H,10-17,20-21,24-26H2,1H3,(H,52,53)(H,54,60,62)/t31-,33-,35-,41?/m1/s1. The molecule has 6 heterocycles. The maximum atomic E-state index is 15.8. The number of amides is 3. The van der Waals surface area contributed by atoms with Gasteiger partial charge in [-0.1, -0.05) is 12.1 Å². The molecule has 67 heavy (non-hydrogen) atoms. The van der Waals surface area contributed by atoms with Gasteiger partial charge in [0.2, 0.25) is 17.6 Å². The van der Waals surface area contributed by atoms with Crippen LogP contribution in [-0.4, -0.2) is 120 Å². The lowest BCUT2D eigenvalue weighted by Crippen LogP contribution is -2.52. The average Bonchev–Trinajstić information content (AvgIpc) is 4.03. The molecule has 19 heteroatoms. The van der Waals surface area contributed by atoms with E-state index in [1.54, 1.807) is 23.2 Å². The molecule has 3 saturated heterocycles. The summed E-state index contributed by atoms with van der Waals surface area (Å²) < 4.78 is 79.4. The van der Waals surface area contributed by atoms with E-state index < -0.39 is 57.0 Å². The summed E-state index contributed by atoms with van der Waals surface area (Å²) in [5.41, 5.74) is 2.69. The van der Waals surface area contributed by atoms with Crippen LogP contribution in [0.4, 0.5) is 24.5 Å². The Bertz CT molecular complexity index is 2900. The van der Waals surface area contributed by atoms with Crippen molar-refractivity contribution in [3.63, 3.8) is 0 Å². The number of carbonyl (C=O) groups excluding carboxylic acids is 4. The number of halogens is 3. The molecule has 15 nitrogen and oxygen atoms in total. The fraction of sp³-hybridized carbons (Fsp3) is 0.396. The topological polar surface area (TPSA) is 177 Å². The lowest BCUT2D eigenvalue weighted by molar-refractivity contribution is -0.136. The van der Waals surface area contributed by atoms with E-state index in [1.807, 2.05) is 41.1 Å². The van der Waals surface area contributed by atoms with Crippen molar-refractivity contribution in [1.82, 2.24) is 29.4 Å². The third kappa shape index (κ3) is 8.75. The number of nitrogens with zero attached hydrogens (tertiary/aromatic N) is 5. The van der Waals surface area contributed by atoms with Gasteiger partial charge in [0.1, 0.15) is 35.5 Å². The summed E-state index contributed by atoms with van der Waals surface area (Å²) in [6.45, 7) is 2.63. The predicted molar refractivity (Wildman–Crippen MR) is 242 cm³/mol. The third-order valence-corrected chi connectivity index (χ3v) is 15.5. The first kappa shape index (κ1) is 44.5. The van der Waals surface area contributed by atoms with E-state index >= 15 is 8.78 Å². The highest BCUT2D eigenvalue weighted by Gasteiger charge is 2.40. The number of ether oxygens (including phenoxy) is 1. The molecule has 2 aromatic heterocycles. The highest BCUT2D eigenvalue weighted by Crippen LogP contribution is 2.36. The van der Waals surface area contributed by atoms with Crippen molar-refractivity contribution in [3.05, 3.63) is 107 Å². The van der Waals surface area contributed by atoms with Crippen molar-refractivity contribution >= 4 is 56.1 Å². The second kappa shape index (κ2) is 17.7. The van der Waals surface area contributed by atoms with Crippen LogP contribution in [0, 0.1) is 17.6 Å². The summed E-state index contributed by atoms with van der Waals surface area (Å²) in [4.78, 5) is 64.6. The number of ketones is 1. The van der Waals surface area contributed by atoms with Crippen LogP contribution in [0.5, 0.6) is 5.75 Å². The van der Waals surface area contributed by atoms with Gasteiger partial charge >= 0.3 is 10.2 Å². The van der Waals surface area contributed by atoms with Gasteiger partial charge in [-0.3, -0.25) is 29.2 Å². The van der Waals surface area contributed by atoms with Gasteiger partial charge in [-0.25, -0.2) is 18.2 Å². The van der Waals surface area contributed by atoms with Crippen LogP contribution in [0.3, 0.4) is 0 Å². The van der Waals surface area contributed by atoms with E-state index in [0.29, 0.717) is 52.8 Å². The first-order valence-corrected chi connectivity index (χ1v) is 24.0. The zero-order valence-corrected chi connectivity index (χ0v) is 37.5. The van der Waals surface area contributed by atoms with Crippen LogP contribution in [0.2, 0.25) is 0 Å². The minimum absolute atomic E-state index is 0.00243. The number of imide groups is 1. The number of hydrogen-bond donors (Lipinski definition) is 3. The van der Waals surface area contributed by atoms with Gasteiger partial charge in [0, 0.05) is 105 Å². The van der Waals surface area contributed by atoms with Crippen LogP contribution >= 0.6 is 0 Å². The second-order valence-electron chi connectivity index (χ2n) is 18.3. The number of rotatable bonds is 13. The van der Waals surface area contributed by atoms with Crippen LogP contribution in [0.15, 0.2) is 73.1 Å². The summed E-state index contributed by atoms with van der Waals surface area (Å²) in [5.74, 6) is -3.24. The van der Waals surface area contributed by atoms with Crippen molar-refractivity contribution in [2.24, 2.45) is 5.92 Å². The Kier molecular flexibility index (Phi) is 11.8. The molecule has 1 aliphatic carbocycles. The van der Waals surface area contributed by atoms with Gasteiger partial charge in [-0.15, -0.1) is 0 Å². The summed E-state index contributed by atoms with van der Waals surface area (Å²) in [6, 6.07) is 16.7. The van der Waals surface area contributed by atoms with Crippen molar-refractivity contribution in [2.45, 2.75) is 75.8 Å². The van der Waals surface area contributed by atoms with Gasteiger partial charge in [0.15, 0.2) is 5.82 Å². The molecule has 2 atom stereocenters. The molecule has 0 bridgehead atoms. The second-order valence-corrected chi connectivity index (χ2v) is 20.0. The number of carbonyl (C=O) groups is 4. The Morgan fingerprint density at radius 2 is 1.73 bits per heavy atom. The van der Waals surface area contributed by atoms with Gasteiger partial charge in [-0.2, -0.15) is 12.7 Å². The summed E-state index contributed by atoms with van der Waals surface area (Å²) in [5, 5.41) is 2.67. The van der Waals surface area contributed by atoms with E-state index in [1.165, 1.54) is 6.20 Å². The number of fused-ring (bicyclic) bond motifs is 2. The Balaban J connectivity index is 0.713. The van der Waals surface area contributed by atoms with Gasteiger partial charge < -0.3 is 24.4 Å². The van der Waals surface area contributed by atoms with E-state index in [4.69, 9.17) is 4.74 Å². The van der Waals surface area contributed by atoms with E-state index in [2.05, 4.69) is 32.1 Å². The molecule has 3 N–H and O–H groups in total. The van der Waals surface area contributed by atoms with Crippen molar-refractivity contribution in [1.29, 1.82) is 0 Å². The highest BCUT2D eigenvalue weighted by atomic mass is 32.2. The molecule has 5 aliphatic rings. The van der Waals surface area contributed by atoms with E-state index in [0.717, 1.165) is 78.6 Å². The molecule has 10 rings (SSSR count). The number of hydrogen-bond acceptors (Lipinski definition) is 10. The van der Waals surface area contributed by atoms with Gasteiger partial charge in [0.05, 0.1) is 11.3 Å². The number of piperidine rings is 2. The molecular weight excluding hydrogens is 890 g/mol. The van der Waals surface area contributed by atoms with Crippen molar-refractivity contribution < 1.29 is 45.5 Å². The monoisotopic (exact) mass is 938 g/mol. The molecule has 5 aromatic rings. The zero-order chi connectivity index (χ0) is 46.7. The molecule has 1 saturated carbocycles. The third-order valence-electron chi connectivity index (χ3n) is 14.0. The molecule has 3 amide bonds. The summed E-state index contributed by atoms with van der Waals surface area (Å²) >= 11 is 0. The Labute approximate surface area is 384 Å². The van der Waals surface area contributed by atoms with Gasteiger partial charge in [0.25, 0.3) is 5.91 Å². The Morgan fingerprint density at radius 3 is 2.46 bits per heavy atom. The molecule has 1 unspecified atom stereocenters. The largest absolute Gasteiger partial charge is 0.490 e. The first-order chi connectivity index (χ1) is 32.2. The molecule has 4 aliphatic heterocycles. The van der Waals surface area contributed by atoms with E-state index in [-0.39, 0.29) is 49.4 Å². The fourth-order valence-electron chi connectivity index (χ4n) is 10.0. The number of anilines is 2. The number of alkyl halides is 1. The number of aromatic amines is 1. The van der Waals surface area contributed by atoms with E-state index in [9.17, 15) is 32.0 Å². The normalized spacial score (nSPS) is 22.6. The number of aromatic nitrogens is 2. The maximum Gasteiger partial charge on any atom is 0.301 e. The molecule has 3 aromatic carbocycles. The fourth-order valence-corrected chi connectivity index (χ4v) is 11.3. The smallest absolute Gasteiger partial charge is 0.301 e. The van der Waals surface area contributed by atoms with Gasteiger partial charge in [-0.05, 0) is 98.3 Å². The number of benzene rings is 3. The average molecular weight is 939 g/mol. The summed E-state index contributed by atoms with van der Waals surface area (Å²) in [7, 11) is -2.18. The lowest BCUT2D eigenvalue weighted by atomic mass is 9.86. The van der Waals surface area contributed by atoms with Crippen LogP contribution in [0.25, 0.3) is 22.2 Å². The number of nitrogens with one attached hydrogen (secondary N) is 3. The molecule has 350 valence electrons. The maximum absolute atomic E-state index is 15.8. The minimum Gasteiger partial charge on any atom is -0.490 e. The highest BCUT2D eigenvalue weighted by molar-refractivity contribution is 7.90. The SMILES string of the molecule is CN(CC1CCN(c2ccc(-c3cnc4[nH]cc(C(=O)c5c(F)ccc(NS(=O)(=O)N6CC[C@@H](F)C6)c5F)c4c3)cc2)CC1)[C@H]1C[C@H](Oc2ccc3c(c2)CN(C2CCC(=O)NC2=O)C3=O)C1. The lowest BCUT2D eigenvalue weighted by Gasteiger charge is -2.43. The van der Waals surface area contributed by atoms with Crippen LogP contribution in [-0.2, 0) is 26.3 Å². The quantitative estimate of drug-likeness (QED) is 0.0944. The Hall–Kier alpha value is -6.31. The van der Waals surface area contributed by atoms with Crippen molar-refractivity contribution in [3.8, 4) is 16.9 Å². The minimum atomic E-state index is -4.36. The van der Waals surface area contributed by atoms with Crippen LogP contribution < -0.4 is 19.7 Å². The zero-order valence-electron chi connectivity index (χ0n) is 36.6. The molecule has 4 fully saturated rings. The molecular formula is C48H49F3N8O7S.